The van der Waals surface area contributed by atoms with Gasteiger partial charge in [-0.05, 0) is 26.7 Å². The fourth-order valence-corrected chi connectivity index (χ4v) is 8.08. The van der Waals surface area contributed by atoms with Gasteiger partial charge < -0.3 is 0 Å². The molecule has 0 radical (unpaired) electrons. The van der Waals surface area contributed by atoms with Gasteiger partial charge in [-0.1, -0.05) is 0 Å². The summed E-state index contributed by atoms with van der Waals surface area (Å²) < 4.78 is 112. The molecule has 0 N–H and O–H groups in total. The van der Waals surface area contributed by atoms with Crippen molar-refractivity contribution in [1.82, 2.24) is 0 Å². The smallest absolute Gasteiger partial charge is 0.264 e. The summed E-state index contributed by atoms with van der Waals surface area (Å²) in [4.78, 5) is 0. The Morgan fingerprint density at radius 3 is 1.32 bits per heavy atom. The van der Waals surface area contributed by atoms with E-state index < -0.39 is 87.9 Å². The number of rotatable bonds is 9. The van der Waals surface area contributed by atoms with Crippen molar-refractivity contribution in [2.24, 2.45) is 0 Å². The van der Waals surface area contributed by atoms with E-state index in [1.165, 1.54) is 13.8 Å². The summed E-state index contributed by atoms with van der Waals surface area (Å²) in [6.45, 7) is 2.73. The minimum atomic E-state index is -4.09. The van der Waals surface area contributed by atoms with Gasteiger partial charge in [0, 0.05) is 0 Å². The van der Waals surface area contributed by atoms with E-state index in [9.17, 15) is 33.7 Å². The lowest BCUT2D eigenvalue weighted by Gasteiger charge is -2.14. The van der Waals surface area contributed by atoms with Crippen molar-refractivity contribution in [2.75, 3.05) is 23.0 Å². The summed E-state index contributed by atoms with van der Waals surface area (Å²) in [6.07, 6.45) is -4.38. The zero-order valence-electron chi connectivity index (χ0n) is 15.1. The van der Waals surface area contributed by atoms with Crippen molar-refractivity contribution >= 4 is 40.5 Å². The Bertz CT molecular complexity index is 897. The first kappa shape index (κ1) is 23.9. The second-order valence-corrected chi connectivity index (χ2v) is 13.3. The Hall–Kier alpha value is -0.360. The lowest BCUT2D eigenvalue weighted by molar-refractivity contribution is 0.119. The molecule has 2 heterocycles. The van der Waals surface area contributed by atoms with Crippen LogP contribution in [-0.2, 0) is 57.2 Å². The van der Waals surface area contributed by atoms with Gasteiger partial charge >= 0.3 is 0 Å². The Kier molecular flexibility index (Phi) is 7.18. The molecule has 0 amide bonds. The van der Waals surface area contributed by atoms with Crippen LogP contribution in [0.25, 0.3) is 0 Å². The van der Waals surface area contributed by atoms with Gasteiger partial charge in [-0.2, -0.15) is 33.7 Å². The minimum absolute atomic E-state index is 0.0886. The van der Waals surface area contributed by atoms with Gasteiger partial charge in [-0.25, -0.2) is 0 Å². The molecule has 16 heteroatoms. The molecule has 2 rings (SSSR count). The van der Waals surface area contributed by atoms with Crippen LogP contribution in [-0.4, -0.2) is 81.1 Å². The first-order valence-corrected chi connectivity index (χ1v) is 14.5. The lowest BCUT2D eigenvalue weighted by Crippen LogP contribution is -2.29. The van der Waals surface area contributed by atoms with E-state index in [1.807, 2.05) is 0 Å². The lowest BCUT2D eigenvalue weighted by atomic mass is 10.3. The summed E-state index contributed by atoms with van der Waals surface area (Å²) in [5.41, 5.74) is 0. The molecular weight excluding hydrogens is 464 g/mol. The van der Waals surface area contributed by atoms with E-state index in [-0.39, 0.29) is 12.8 Å². The average molecular weight is 487 g/mol. The zero-order valence-corrected chi connectivity index (χ0v) is 18.4. The van der Waals surface area contributed by atoms with Gasteiger partial charge in [0.2, 0.25) is 0 Å². The predicted molar refractivity (Wildman–Crippen MR) is 95.2 cm³/mol. The fraction of sp³-hybridized carbons (Fsp3) is 1.00. The van der Waals surface area contributed by atoms with Crippen molar-refractivity contribution in [2.45, 2.75) is 51.1 Å². The molecule has 0 aromatic carbocycles. The van der Waals surface area contributed by atoms with Gasteiger partial charge in [0.25, 0.3) is 40.5 Å². The van der Waals surface area contributed by atoms with Crippen molar-refractivity contribution in [3.05, 3.63) is 0 Å². The monoisotopic (exact) mass is 486 g/mol. The van der Waals surface area contributed by atoms with Crippen LogP contribution in [0.15, 0.2) is 0 Å². The maximum absolute atomic E-state index is 11.9. The van der Waals surface area contributed by atoms with E-state index in [0.29, 0.717) is 0 Å². The van der Waals surface area contributed by atoms with Crippen molar-refractivity contribution in [1.29, 1.82) is 0 Å². The number of hydrogen-bond acceptors (Lipinski definition) is 12. The predicted octanol–water partition coefficient (Wildman–Crippen LogP) is -1.31. The second-order valence-electron chi connectivity index (χ2n) is 6.55. The van der Waals surface area contributed by atoms with Crippen LogP contribution in [0.2, 0.25) is 0 Å². The molecule has 0 bridgehead atoms. The van der Waals surface area contributed by atoms with E-state index in [4.69, 9.17) is 8.37 Å². The second kappa shape index (κ2) is 8.41. The average Bonchev–Trinajstić information content (AvgIpc) is 2.87. The topological polar surface area (TPSA) is 173 Å². The standard InChI is InChI=1S/C12H22O12S4/c1-9-11(7-27(17,18)21-9)23-25(13,14)5-3-4-6-26(15,16)24-12-8-28(19,20)22-10(12)2/h9-12H,3-8H2,1-2H3. The highest BCUT2D eigenvalue weighted by Gasteiger charge is 2.40. The van der Waals surface area contributed by atoms with Crippen molar-refractivity contribution in [3.63, 3.8) is 0 Å². The van der Waals surface area contributed by atoms with E-state index in [2.05, 4.69) is 8.37 Å². The SMILES string of the molecule is CC1OS(=O)(=O)CC1OS(=O)(=O)CCCCS(=O)(=O)OC1CS(=O)(=O)OC1C. The Morgan fingerprint density at radius 1 is 0.750 bits per heavy atom. The highest BCUT2D eigenvalue weighted by atomic mass is 32.2. The maximum Gasteiger partial charge on any atom is 0.270 e. The van der Waals surface area contributed by atoms with Crippen LogP contribution in [0.1, 0.15) is 26.7 Å². The van der Waals surface area contributed by atoms with Crippen LogP contribution < -0.4 is 0 Å². The Balaban J connectivity index is 1.78. The fourth-order valence-electron chi connectivity index (χ4n) is 2.58. The first-order chi connectivity index (χ1) is 12.6. The summed E-state index contributed by atoms with van der Waals surface area (Å²) in [6, 6.07) is 0. The van der Waals surface area contributed by atoms with Crippen LogP contribution in [0.5, 0.6) is 0 Å². The van der Waals surface area contributed by atoms with Gasteiger partial charge in [0.15, 0.2) is 0 Å². The summed E-state index contributed by atoms with van der Waals surface area (Å²) in [5.74, 6) is -2.22. The molecule has 166 valence electrons. The van der Waals surface area contributed by atoms with E-state index >= 15 is 0 Å². The Labute approximate surface area is 165 Å². The quantitative estimate of drug-likeness (QED) is 0.278. The molecule has 4 unspecified atom stereocenters. The number of hydrogen-bond donors (Lipinski definition) is 0. The molecule has 0 spiro atoms. The molecule has 2 fully saturated rings. The molecule has 2 saturated heterocycles. The van der Waals surface area contributed by atoms with Crippen molar-refractivity contribution < 1.29 is 50.4 Å². The molecule has 4 atom stereocenters. The summed E-state index contributed by atoms with van der Waals surface area (Å²) >= 11 is 0. The normalized spacial score (nSPS) is 32.5. The molecule has 12 nitrogen and oxygen atoms in total. The van der Waals surface area contributed by atoms with E-state index in [0.717, 1.165) is 0 Å². The minimum Gasteiger partial charge on any atom is -0.264 e. The maximum atomic E-state index is 11.9. The van der Waals surface area contributed by atoms with Crippen LogP contribution in [0.4, 0.5) is 0 Å². The third-order valence-electron chi connectivity index (χ3n) is 3.96. The zero-order chi connectivity index (χ0) is 21.4. The number of unbranched alkanes of at least 4 members (excludes halogenated alkanes) is 1. The van der Waals surface area contributed by atoms with Gasteiger partial charge in [-0.3, -0.25) is 16.7 Å². The molecule has 2 aliphatic heterocycles. The van der Waals surface area contributed by atoms with E-state index in [1.54, 1.807) is 0 Å². The highest BCUT2D eigenvalue weighted by molar-refractivity contribution is 7.88. The van der Waals surface area contributed by atoms with Crippen molar-refractivity contribution in [3.8, 4) is 0 Å². The van der Waals surface area contributed by atoms with Gasteiger partial charge in [0.1, 0.15) is 35.9 Å². The van der Waals surface area contributed by atoms with Crippen LogP contribution >= 0.6 is 0 Å². The molecule has 0 aromatic rings. The summed E-state index contributed by atoms with van der Waals surface area (Å²) in [5, 5.41) is 0. The largest absolute Gasteiger partial charge is 0.270 e. The first-order valence-electron chi connectivity index (χ1n) is 8.24. The van der Waals surface area contributed by atoms with Crippen LogP contribution in [0, 0.1) is 0 Å². The van der Waals surface area contributed by atoms with Crippen LogP contribution in [0.3, 0.4) is 0 Å². The summed E-state index contributed by atoms with van der Waals surface area (Å²) in [7, 11) is -15.8. The van der Waals surface area contributed by atoms with Gasteiger partial charge in [0.05, 0.1) is 11.5 Å². The molecule has 0 aromatic heterocycles. The Morgan fingerprint density at radius 2 is 1.07 bits per heavy atom. The molecule has 0 saturated carbocycles. The van der Waals surface area contributed by atoms with Gasteiger partial charge in [-0.15, -0.1) is 0 Å². The third kappa shape index (κ3) is 7.16. The molecule has 2 aliphatic rings. The third-order valence-corrected chi connectivity index (χ3v) is 9.29. The highest BCUT2D eigenvalue weighted by Crippen LogP contribution is 2.23. The molecule has 0 aliphatic carbocycles. The molecular formula is C12H22O12S4. The molecule has 28 heavy (non-hydrogen) atoms.